The van der Waals surface area contributed by atoms with Crippen molar-refractivity contribution in [2.45, 2.75) is 0 Å². The van der Waals surface area contributed by atoms with Crippen LogP contribution in [0.2, 0.25) is 0 Å². The van der Waals surface area contributed by atoms with Crippen molar-refractivity contribution in [1.82, 2.24) is 9.97 Å². The molecule has 6 nitrogen and oxygen atoms in total. The first kappa shape index (κ1) is 12.3. The fourth-order valence-electron chi connectivity index (χ4n) is 2.25. The van der Waals surface area contributed by atoms with Crippen LogP contribution in [0.4, 0.5) is 5.82 Å². The lowest BCUT2D eigenvalue weighted by molar-refractivity contribution is 0.122. The highest BCUT2D eigenvalue weighted by atomic mass is 16.5. The predicted molar refractivity (Wildman–Crippen MR) is 72.4 cm³/mol. The van der Waals surface area contributed by atoms with E-state index in [1.54, 1.807) is 18.2 Å². The molecule has 1 aliphatic rings. The number of morpholine rings is 1. The van der Waals surface area contributed by atoms with Gasteiger partial charge < -0.3 is 19.7 Å². The quantitative estimate of drug-likeness (QED) is 0.684. The van der Waals surface area contributed by atoms with E-state index in [9.17, 15) is 10.0 Å². The Labute approximate surface area is 110 Å². The number of hydrogen-bond acceptors (Lipinski definition) is 6. The number of nitrogens with zero attached hydrogens (tertiary/aromatic N) is 3. The van der Waals surface area contributed by atoms with Crippen LogP contribution in [0.5, 0.6) is 0 Å². The van der Waals surface area contributed by atoms with E-state index in [-0.39, 0.29) is 0 Å². The molecule has 1 fully saturated rings. The molecule has 0 bridgehead atoms. The topological polar surface area (TPSA) is 78.7 Å². The summed E-state index contributed by atoms with van der Waals surface area (Å²) in [7, 11) is -1.48. The van der Waals surface area contributed by atoms with Crippen LogP contribution in [0.25, 0.3) is 10.9 Å². The van der Waals surface area contributed by atoms with Gasteiger partial charge >= 0.3 is 7.12 Å². The fourth-order valence-corrected chi connectivity index (χ4v) is 2.25. The molecular formula is C12H14BN3O3. The van der Waals surface area contributed by atoms with Crippen molar-refractivity contribution < 1.29 is 14.8 Å². The Hall–Kier alpha value is -1.70. The lowest BCUT2D eigenvalue weighted by Crippen LogP contribution is -2.37. The van der Waals surface area contributed by atoms with Crippen LogP contribution in [0.15, 0.2) is 24.5 Å². The molecule has 98 valence electrons. The van der Waals surface area contributed by atoms with Crippen LogP contribution in [-0.2, 0) is 4.74 Å². The molecule has 7 heteroatoms. The third-order valence-corrected chi connectivity index (χ3v) is 3.25. The van der Waals surface area contributed by atoms with Crippen molar-refractivity contribution in [2.75, 3.05) is 31.2 Å². The molecule has 0 spiro atoms. The average molecular weight is 259 g/mol. The van der Waals surface area contributed by atoms with Gasteiger partial charge in [-0.1, -0.05) is 6.07 Å². The summed E-state index contributed by atoms with van der Waals surface area (Å²) in [6, 6.07) is 5.16. The van der Waals surface area contributed by atoms with E-state index < -0.39 is 7.12 Å². The van der Waals surface area contributed by atoms with Crippen molar-refractivity contribution in [2.24, 2.45) is 0 Å². The van der Waals surface area contributed by atoms with Gasteiger partial charge in [-0.05, 0) is 17.6 Å². The molecule has 3 rings (SSSR count). The molecule has 1 saturated heterocycles. The summed E-state index contributed by atoms with van der Waals surface area (Å²) in [5.74, 6) is 0.816. The summed E-state index contributed by atoms with van der Waals surface area (Å²) < 4.78 is 5.33. The standard InChI is InChI=1S/C12H14BN3O3/c17-13(18)9-1-2-11-10(7-9)12(15-8-14-11)16-3-5-19-6-4-16/h1-2,7-8,17-18H,3-6H2. The summed E-state index contributed by atoms with van der Waals surface area (Å²) >= 11 is 0. The van der Waals surface area contributed by atoms with Crippen LogP contribution in [0.1, 0.15) is 0 Å². The molecule has 2 aromatic rings. The van der Waals surface area contributed by atoms with Gasteiger partial charge in [0.1, 0.15) is 12.1 Å². The van der Waals surface area contributed by atoms with E-state index in [1.165, 1.54) is 6.33 Å². The van der Waals surface area contributed by atoms with Crippen molar-refractivity contribution in [3.8, 4) is 0 Å². The zero-order chi connectivity index (χ0) is 13.2. The maximum atomic E-state index is 9.27. The van der Waals surface area contributed by atoms with Crippen molar-refractivity contribution >= 4 is 29.3 Å². The van der Waals surface area contributed by atoms with Crippen molar-refractivity contribution in [3.63, 3.8) is 0 Å². The second-order valence-electron chi connectivity index (χ2n) is 4.45. The molecular weight excluding hydrogens is 245 g/mol. The summed E-state index contributed by atoms with van der Waals surface area (Å²) in [5, 5.41) is 19.4. The zero-order valence-electron chi connectivity index (χ0n) is 10.4. The van der Waals surface area contributed by atoms with Gasteiger partial charge in [-0.2, -0.15) is 0 Å². The monoisotopic (exact) mass is 259 g/mol. The molecule has 0 atom stereocenters. The van der Waals surface area contributed by atoms with Gasteiger partial charge in [-0.15, -0.1) is 0 Å². The summed E-state index contributed by atoms with van der Waals surface area (Å²) in [6.07, 6.45) is 1.53. The first-order valence-corrected chi connectivity index (χ1v) is 6.19. The minimum absolute atomic E-state index is 0.441. The minimum atomic E-state index is -1.48. The molecule has 0 saturated carbocycles. The first-order chi connectivity index (χ1) is 9.25. The number of rotatable bonds is 2. The van der Waals surface area contributed by atoms with Gasteiger partial charge in [0.05, 0.1) is 18.7 Å². The van der Waals surface area contributed by atoms with Gasteiger partial charge in [0, 0.05) is 18.5 Å². The van der Waals surface area contributed by atoms with E-state index in [1.807, 2.05) is 0 Å². The molecule has 0 radical (unpaired) electrons. The molecule has 19 heavy (non-hydrogen) atoms. The first-order valence-electron chi connectivity index (χ1n) is 6.19. The summed E-state index contributed by atoms with van der Waals surface area (Å²) in [4.78, 5) is 10.7. The van der Waals surface area contributed by atoms with E-state index in [0.717, 1.165) is 29.8 Å². The Morgan fingerprint density at radius 2 is 1.95 bits per heavy atom. The lowest BCUT2D eigenvalue weighted by Gasteiger charge is -2.28. The molecule has 1 aromatic carbocycles. The fraction of sp³-hybridized carbons (Fsp3) is 0.333. The third kappa shape index (κ3) is 2.40. The average Bonchev–Trinajstić information content (AvgIpc) is 2.47. The Morgan fingerprint density at radius 3 is 2.68 bits per heavy atom. The molecule has 2 heterocycles. The number of ether oxygens (including phenoxy) is 1. The maximum Gasteiger partial charge on any atom is 0.488 e. The van der Waals surface area contributed by atoms with Crippen molar-refractivity contribution in [1.29, 1.82) is 0 Å². The van der Waals surface area contributed by atoms with E-state index in [2.05, 4.69) is 14.9 Å². The number of aromatic nitrogens is 2. The van der Waals surface area contributed by atoms with Crippen LogP contribution in [-0.4, -0.2) is 53.4 Å². The van der Waals surface area contributed by atoms with E-state index in [0.29, 0.717) is 18.7 Å². The van der Waals surface area contributed by atoms with Gasteiger partial charge in [0.25, 0.3) is 0 Å². The SMILES string of the molecule is OB(O)c1ccc2ncnc(N3CCOCC3)c2c1. The Bertz CT molecular complexity index is 587. The van der Waals surface area contributed by atoms with Crippen LogP contribution >= 0.6 is 0 Å². The highest BCUT2D eigenvalue weighted by molar-refractivity contribution is 6.58. The number of fused-ring (bicyclic) bond motifs is 1. The molecule has 1 aromatic heterocycles. The smallest absolute Gasteiger partial charge is 0.423 e. The highest BCUT2D eigenvalue weighted by Gasteiger charge is 2.18. The van der Waals surface area contributed by atoms with Crippen LogP contribution in [0, 0.1) is 0 Å². The summed E-state index contributed by atoms with van der Waals surface area (Å²) in [5.41, 5.74) is 1.23. The zero-order valence-corrected chi connectivity index (χ0v) is 10.4. The van der Waals surface area contributed by atoms with Crippen LogP contribution < -0.4 is 10.4 Å². The van der Waals surface area contributed by atoms with Crippen molar-refractivity contribution in [3.05, 3.63) is 24.5 Å². The normalized spacial score (nSPS) is 15.8. The maximum absolute atomic E-state index is 9.27. The molecule has 2 N–H and O–H groups in total. The van der Waals surface area contributed by atoms with E-state index in [4.69, 9.17) is 4.74 Å². The highest BCUT2D eigenvalue weighted by Crippen LogP contribution is 2.22. The Kier molecular flexibility index (Phi) is 3.33. The third-order valence-electron chi connectivity index (χ3n) is 3.25. The van der Waals surface area contributed by atoms with Gasteiger partial charge in [-0.25, -0.2) is 9.97 Å². The largest absolute Gasteiger partial charge is 0.488 e. The Morgan fingerprint density at radius 1 is 1.16 bits per heavy atom. The second kappa shape index (κ2) is 5.12. The van der Waals surface area contributed by atoms with Crippen LogP contribution in [0.3, 0.4) is 0 Å². The number of benzene rings is 1. The van der Waals surface area contributed by atoms with E-state index >= 15 is 0 Å². The predicted octanol–water partition coefficient (Wildman–Crippen LogP) is -0.854. The number of anilines is 1. The minimum Gasteiger partial charge on any atom is -0.423 e. The van der Waals surface area contributed by atoms with Gasteiger partial charge in [-0.3, -0.25) is 0 Å². The van der Waals surface area contributed by atoms with Gasteiger partial charge in [0.15, 0.2) is 0 Å². The lowest BCUT2D eigenvalue weighted by atomic mass is 9.80. The Balaban J connectivity index is 2.09. The molecule has 1 aliphatic heterocycles. The second-order valence-corrected chi connectivity index (χ2v) is 4.45. The summed E-state index contributed by atoms with van der Waals surface area (Å²) in [6.45, 7) is 2.90. The molecule has 0 aliphatic carbocycles. The van der Waals surface area contributed by atoms with Gasteiger partial charge in [0.2, 0.25) is 0 Å². The molecule has 0 unspecified atom stereocenters. The molecule has 0 amide bonds. The number of hydrogen-bond donors (Lipinski definition) is 2.